The summed E-state index contributed by atoms with van der Waals surface area (Å²) in [6, 6.07) is 6.57. The first-order valence-corrected chi connectivity index (χ1v) is 13.4. The fraction of sp³-hybridized carbons (Fsp3) is 0.462. The monoisotopic (exact) mass is 690 g/mol. The maximum absolute atomic E-state index is 11.9. The highest BCUT2D eigenvalue weighted by atomic mass is 16.9. The van der Waals surface area contributed by atoms with E-state index in [0.717, 1.165) is 0 Å². The van der Waals surface area contributed by atoms with Crippen LogP contribution >= 0.6 is 0 Å². The fourth-order valence-corrected chi connectivity index (χ4v) is 3.69. The van der Waals surface area contributed by atoms with Gasteiger partial charge in [0, 0.05) is 24.8 Å². The van der Waals surface area contributed by atoms with Crippen molar-refractivity contribution in [2.45, 2.75) is 60.8 Å². The van der Waals surface area contributed by atoms with E-state index in [1.807, 2.05) is 0 Å². The minimum absolute atomic E-state index is 0.442. The largest absolute Gasteiger partial charge is 0.404 e. The number of pyridine rings is 2. The molecule has 2 aromatic rings. The van der Waals surface area contributed by atoms with E-state index < -0.39 is 97.7 Å². The molecule has 0 bridgehead atoms. The molecule has 0 spiro atoms. The fourth-order valence-electron chi connectivity index (χ4n) is 3.69. The first-order chi connectivity index (χ1) is 22.4. The summed E-state index contributed by atoms with van der Waals surface area (Å²) in [5.41, 5.74) is 10.8. The maximum atomic E-state index is 11.9. The van der Waals surface area contributed by atoms with Crippen LogP contribution in [0.5, 0.6) is 0 Å². The number of ether oxygens (including phenoxy) is 4. The van der Waals surface area contributed by atoms with E-state index >= 15 is 0 Å². The SMILES string of the molecule is NC(=O)c1cccnc1.NC(=O)c1cccnc1.O=C(OC1(O)O[C@H](CO)[C@@H](O)[C@H]1O)C(O)C(O)C(=O)OC1(O)O[C@H](CO)[C@@H](O)[C@H]1O. The Bertz CT molecular complexity index is 1270. The van der Waals surface area contributed by atoms with Crippen molar-refractivity contribution in [3.8, 4) is 0 Å². The lowest BCUT2D eigenvalue weighted by molar-refractivity contribution is -0.365. The number of hydrogen-bond acceptors (Lipinski definition) is 20. The summed E-state index contributed by atoms with van der Waals surface area (Å²) in [7, 11) is 0. The molecular formula is C26H34N4O18. The quantitative estimate of drug-likeness (QED) is 0.0858. The third kappa shape index (κ3) is 9.86. The number of carbonyl (C=O) groups excluding carboxylic acids is 4. The third-order valence-electron chi connectivity index (χ3n) is 6.32. The van der Waals surface area contributed by atoms with Gasteiger partial charge in [-0.1, -0.05) is 0 Å². The Hall–Kier alpha value is -4.30. The van der Waals surface area contributed by atoms with E-state index in [0.29, 0.717) is 11.1 Å². The third-order valence-corrected chi connectivity index (χ3v) is 6.32. The van der Waals surface area contributed by atoms with Crippen LogP contribution < -0.4 is 11.5 Å². The smallest absolute Gasteiger partial charge is 0.357 e. The highest BCUT2D eigenvalue weighted by molar-refractivity contribution is 5.92. The highest BCUT2D eigenvalue weighted by Crippen LogP contribution is 2.32. The minimum Gasteiger partial charge on any atom is -0.404 e. The van der Waals surface area contributed by atoms with Crippen LogP contribution in [0.4, 0.5) is 0 Å². The van der Waals surface area contributed by atoms with Gasteiger partial charge >= 0.3 is 23.9 Å². The zero-order valence-electron chi connectivity index (χ0n) is 24.4. The van der Waals surface area contributed by atoms with Gasteiger partial charge in [0.1, 0.15) is 24.4 Å². The van der Waals surface area contributed by atoms with E-state index in [-0.39, 0.29) is 0 Å². The number of rotatable bonds is 9. The molecular weight excluding hydrogens is 656 g/mol. The van der Waals surface area contributed by atoms with Crippen molar-refractivity contribution in [3.05, 3.63) is 60.2 Å². The first kappa shape index (κ1) is 39.9. The molecule has 4 rings (SSSR count). The summed E-state index contributed by atoms with van der Waals surface area (Å²) in [4.78, 5) is 51.9. The summed E-state index contributed by atoms with van der Waals surface area (Å²) < 4.78 is 17.6. The predicted molar refractivity (Wildman–Crippen MR) is 148 cm³/mol. The molecule has 266 valence electrons. The van der Waals surface area contributed by atoms with Gasteiger partial charge in [-0.15, -0.1) is 0 Å². The standard InChI is InChI=1S/C14H22O16.2C6H6N2O/c15-1-3-5(17)9(21)13(25,27-3)29-11(23)7(19)8(20)12(24)30-14(26)10(22)6(18)4(2-16)28-14;2*7-6(9)5-2-1-3-8-4-5/h3-10,15-22,25-26H,1-2H2;2*1-4H,(H2,7,9)/t3-,4-,5-,6-,7?,8?,9-,10-,13?,14?;;/m1../s1. The number of hydrogen-bond donors (Lipinski definition) is 12. The van der Waals surface area contributed by atoms with Crippen LogP contribution in [0, 0.1) is 0 Å². The summed E-state index contributed by atoms with van der Waals surface area (Å²) in [6.45, 7) is -1.81. The number of amides is 2. The average Bonchev–Trinajstić information content (AvgIpc) is 3.43. The second-order valence-corrected chi connectivity index (χ2v) is 9.75. The number of nitrogens with two attached hydrogens (primary N) is 2. The van der Waals surface area contributed by atoms with Crippen molar-refractivity contribution in [3.63, 3.8) is 0 Å². The molecule has 0 radical (unpaired) electrons. The maximum Gasteiger partial charge on any atom is 0.357 e. The van der Waals surface area contributed by atoms with Gasteiger partial charge in [0.25, 0.3) is 0 Å². The second kappa shape index (κ2) is 17.2. The van der Waals surface area contributed by atoms with Crippen LogP contribution in [-0.2, 0) is 28.5 Å². The van der Waals surface area contributed by atoms with Gasteiger partial charge in [0.2, 0.25) is 11.8 Å². The van der Waals surface area contributed by atoms with Crippen LogP contribution in [0.2, 0.25) is 0 Å². The number of esters is 2. The zero-order chi connectivity index (χ0) is 36.4. The molecule has 2 aliphatic rings. The normalized spacial score (nSPS) is 30.4. The van der Waals surface area contributed by atoms with E-state index in [2.05, 4.69) is 28.9 Å². The van der Waals surface area contributed by atoms with E-state index in [1.165, 1.54) is 12.4 Å². The number of aliphatic hydroxyl groups excluding tert-OH is 8. The molecule has 4 heterocycles. The first-order valence-electron chi connectivity index (χ1n) is 13.4. The van der Waals surface area contributed by atoms with Crippen LogP contribution in [0.15, 0.2) is 49.1 Å². The lowest BCUT2D eigenvalue weighted by atomic mass is 10.1. The van der Waals surface area contributed by atoms with Crippen LogP contribution in [-0.4, -0.2) is 159 Å². The molecule has 48 heavy (non-hydrogen) atoms. The van der Waals surface area contributed by atoms with Crippen molar-refractivity contribution in [2.75, 3.05) is 13.2 Å². The molecule has 14 N–H and O–H groups in total. The van der Waals surface area contributed by atoms with Gasteiger partial charge in [0.15, 0.2) is 24.4 Å². The molecule has 4 unspecified atom stereocenters. The highest BCUT2D eigenvalue weighted by Gasteiger charge is 2.59. The lowest BCUT2D eigenvalue weighted by Crippen LogP contribution is -2.53. The van der Waals surface area contributed by atoms with Crippen molar-refractivity contribution in [1.82, 2.24) is 9.97 Å². The lowest BCUT2D eigenvalue weighted by Gasteiger charge is -2.28. The topological polar surface area (TPSA) is 385 Å². The molecule has 0 saturated carbocycles. The van der Waals surface area contributed by atoms with Crippen molar-refractivity contribution in [2.24, 2.45) is 11.5 Å². The Labute approximate surface area is 268 Å². The molecule has 2 fully saturated rings. The molecule has 2 aromatic heterocycles. The van der Waals surface area contributed by atoms with Gasteiger partial charge in [-0.25, -0.2) is 9.59 Å². The van der Waals surface area contributed by atoms with Crippen LogP contribution in [0.1, 0.15) is 20.7 Å². The Balaban J connectivity index is 0.000000357. The van der Waals surface area contributed by atoms with Crippen molar-refractivity contribution < 1.29 is 89.2 Å². The van der Waals surface area contributed by atoms with Gasteiger partial charge in [0.05, 0.1) is 24.3 Å². The number of aliphatic hydroxyl groups is 10. The molecule has 22 nitrogen and oxygen atoms in total. The van der Waals surface area contributed by atoms with Crippen LogP contribution in [0.25, 0.3) is 0 Å². The Morgan fingerprint density at radius 1 is 0.729 bits per heavy atom. The molecule has 22 heteroatoms. The summed E-state index contributed by atoms with van der Waals surface area (Å²) in [5, 5.41) is 95.6. The summed E-state index contributed by atoms with van der Waals surface area (Å²) in [6.07, 6.45) is -11.1. The van der Waals surface area contributed by atoms with Gasteiger partial charge in [-0.3, -0.25) is 19.6 Å². The second-order valence-electron chi connectivity index (χ2n) is 9.75. The average molecular weight is 691 g/mol. The number of nitrogens with zero attached hydrogens (tertiary/aromatic N) is 2. The Kier molecular flexibility index (Phi) is 14.3. The molecule has 0 aromatic carbocycles. The summed E-state index contributed by atoms with van der Waals surface area (Å²) >= 11 is 0. The van der Waals surface area contributed by atoms with Crippen LogP contribution in [0.3, 0.4) is 0 Å². The predicted octanol–water partition coefficient (Wildman–Crippen LogP) is -7.33. The van der Waals surface area contributed by atoms with Gasteiger partial charge in [-0.05, 0) is 24.3 Å². The molecule has 2 aliphatic heterocycles. The minimum atomic E-state index is -3.25. The molecule has 2 amide bonds. The van der Waals surface area contributed by atoms with Crippen molar-refractivity contribution in [1.29, 1.82) is 0 Å². The van der Waals surface area contributed by atoms with E-state index in [4.69, 9.17) is 21.7 Å². The number of aromatic nitrogens is 2. The number of primary amides is 2. The molecule has 0 aliphatic carbocycles. The van der Waals surface area contributed by atoms with E-state index in [1.54, 1.807) is 36.7 Å². The van der Waals surface area contributed by atoms with E-state index in [9.17, 15) is 60.0 Å². The summed E-state index contributed by atoms with van der Waals surface area (Å²) in [5.74, 6) is -11.3. The Morgan fingerprint density at radius 2 is 1.06 bits per heavy atom. The molecule has 2 saturated heterocycles. The number of carbonyl (C=O) groups is 4. The Morgan fingerprint density at radius 3 is 1.27 bits per heavy atom. The van der Waals surface area contributed by atoms with Gasteiger partial charge in [-0.2, -0.15) is 0 Å². The molecule has 10 atom stereocenters. The zero-order valence-corrected chi connectivity index (χ0v) is 24.4. The van der Waals surface area contributed by atoms with Crippen molar-refractivity contribution >= 4 is 23.8 Å². The van der Waals surface area contributed by atoms with Gasteiger partial charge < -0.3 is 81.5 Å².